The van der Waals surface area contributed by atoms with Crippen LogP contribution in [0.25, 0.3) is 0 Å². The van der Waals surface area contributed by atoms with Gasteiger partial charge in [0.2, 0.25) is 6.04 Å². The summed E-state index contributed by atoms with van der Waals surface area (Å²) in [5.41, 5.74) is -2.06. The van der Waals surface area contributed by atoms with Gasteiger partial charge in [-0.1, -0.05) is 0 Å². The summed E-state index contributed by atoms with van der Waals surface area (Å²) in [5, 5.41) is 20.0. The molecule has 1 heterocycles. The molecule has 104 valence electrons. The first-order valence-corrected chi connectivity index (χ1v) is 5.48. The van der Waals surface area contributed by atoms with Crippen LogP contribution in [0.15, 0.2) is 10.8 Å². The van der Waals surface area contributed by atoms with E-state index in [1.165, 1.54) is 5.32 Å². The standard InChI is InChI=1S/C9H6F3NO5S/c10-9(11,12)4-2-19-1-3(4)6(14)13-5(7(15)16)8(17)18/h1-2,5H,(H,13,14)(H,15,16)(H,17,18). The smallest absolute Gasteiger partial charge is 0.417 e. The largest absolute Gasteiger partial charge is 0.479 e. The lowest BCUT2D eigenvalue weighted by atomic mass is 10.1. The van der Waals surface area contributed by atoms with Crippen molar-refractivity contribution < 1.29 is 37.8 Å². The lowest BCUT2D eigenvalue weighted by molar-refractivity contribution is -0.150. The lowest BCUT2D eigenvalue weighted by Crippen LogP contribution is -2.46. The number of rotatable bonds is 4. The van der Waals surface area contributed by atoms with Crippen molar-refractivity contribution in [3.05, 3.63) is 21.9 Å². The second-order valence-electron chi connectivity index (χ2n) is 3.28. The maximum Gasteiger partial charge on any atom is 0.417 e. The normalized spacial score (nSPS) is 11.4. The molecule has 1 aromatic rings. The second-order valence-corrected chi connectivity index (χ2v) is 4.02. The first-order chi connectivity index (χ1) is 8.64. The second kappa shape index (κ2) is 5.26. The first-order valence-electron chi connectivity index (χ1n) is 4.54. The molecule has 19 heavy (non-hydrogen) atoms. The molecule has 0 aliphatic rings. The maximum absolute atomic E-state index is 12.5. The number of aliphatic carboxylic acids is 2. The van der Waals surface area contributed by atoms with E-state index in [9.17, 15) is 27.6 Å². The van der Waals surface area contributed by atoms with Crippen LogP contribution in [0.4, 0.5) is 13.2 Å². The van der Waals surface area contributed by atoms with Crippen molar-refractivity contribution in [2.24, 2.45) is 0 Å². The summed E-state index contributed by atoms with van der Waals surface area (Å²) < 4.78 is 37.5. The highest BCUT2D eigenvalue weighted by molar-refractivity contribution is 7.08. The average Bonchev–Trinajstić information content (AvgIpc) is 2.72. The Morgan fingerprint density at radius 2 is 1.68 bits per heavy atom. The Labute approximate surface area is 107 Å². The average molecular weight is 297 g/mol. The number of thiophene rings is 1. The molecule has 6 nitrogen and oxygen atoms in total. The zero-order valence-electron chi connectivity index (χ0n) is 8.89. The highest BCUT2D eigenvalue weighted by atomic mass is 32.1. The van der Waals surface area contributed by atoms with Gasteiger partial charge in [-0.3, -0.25) is 4.79 Å². The molecule has 0 atom stereocenters. The number of halogens is 3. The van der Waals surface area contributed by atoms with Gasteiger partial charge in [0.25, 0.3) is 5.91 Å². The van der Waals surface area contributed by atoms with Crippen molar-refractivity contribution in [1.82, 2.24) is 5.32 Å². The molecular weight excluding hydrogens is 291 g/mol. The number of carboxylic acid groups (broad SMARTS) is 2. The zero-order chi connectivity index (χ0) is 14.8. The molecule has 1 amide bonds. The van der Waals surface area contributed by atoms with Crippen molar-refractivity contribution in [2.45, 2.75) is 12.2 Å². The van der Waals surface area contributed by atoms with Gasteiger partial charge < -0.3 is 15.5 Å². The van der Waals surface area contributed by atoms with Gasteiger partial charge >= 0.3 is 18.1 Å². The molecular formula is C9H6F3NO5S. The molecule has 0 unspecified atom stereocenters. The minimum absolute atomic E-state index is 0.590. The van der Waals surface area contributed by atoms with Crippen molar-refractivity contribution in [3.8, 4) is 0 Å². The topological polar surface area (TPSA) is 104 Å². The third-order valence-corrected chi connectivity index (χ3v) is 2.72. The van der Waals surface area contributed by atoms with Crippen LogP contribution in [0.5, 0.6) is 0 Å². The predicted octanol–water partition coefficient (Wildman–Crippen LogP) is 1.03. The zero-order valence-corrected chi connectivity index (χ0v) is 9.71. The van der Waals surface area contributed by atoms with E-state index in [0.717, 1.165) is 5.38 Å². The number of carbonyl (C=O) groups is 3. The van der Waals surface area contributed by atoms with Crippen LogP contribution in [-0.2, 0) is 15.8 Å². The van der Waals surface area contributed by atoms with E-state index >= 15 is 0 Å². The van der Waals surface area contributed by atoms with E-state index in [4.69, 9.17) is 10.2 Å². The molecule has 0 saturated carbocycles. The number of alkyl halides is 3. The summed E-state index contributed by atoms with van der Waals surface area (Å²) in [7, 11) is 0. The minimum Gasteiger partial charge on any atom is -0.479 e. The number of nitrogens with one attached hydrogen (secondary N) is 1. The van der Waals surface area contributed by atoms with E-state index in [-0.39, 0.29) is 0 Å². The molecule has 0 bridgehead atoms. The lowest BCUT2D eigenvalue weighted by Gasteiger charge is -2.11. The van der Waals surface area contributed by atoms with Crippen LogP contribution in [0, 0.1) is 0 Å². The summed E-state index contributed by atoms with van der Waals surface area (Å²) in [6.45, 7) is 0. The molecule has 1 aromatic heterocycles. The Kier molecular flexibility index (Phi) is 4.14. The minimum atomic E-state index is -4.78. The third-order valence-electron chi connectivity index (χ3n) is 1.98. The van der Waals surface area contributed by atoms with Crippen LogP contribution in [0.1, 0.15) is 15.9 Å². The van der Waals surface area contributed by atoms with Crippen molar-refractivity contribution in [3.63, 3.8) is 0 Å². The number of carboxylic acids is 2. The predicted molar refractivity (Wildman–Crippen MR) is 55.8 cm³/mol. The van der Waals surface area contributed by atoms with E-state index in [2.05, 4.69) is 0 Å². The summed E-state index contributed by atoms with van der Waals surface area (Å²) in [6.07, 6.45) is -4.78. The third kappa shape index (κ3) is 3.44. The quantitative estimate of drug-likeness (QED) is 0.720. The van der Waals surface area contributed by atoms with E-state index in [1.807, 2.05) is 0 Å². The summed E-state index contributed by atoms with van der Waals surface area (Å²) in [4.78, 5) is 32.5. The Balaban J connectivity index is 2.99. The molecule has 0 aliphatic carbocycles. The van der Waals surface area contributed by atoms with Crippen LogP contribution < -0.4 is 5.32 Å². The fourth-order valence-corrected chi connectivity index (χ4v) is 1.97. The molecule has 3 N–H and O–H groups in total. The summed E-state index contributed by atoms with van der Waals surface area (Å²) in [6, 6.07) is -2.31. The Morgan fingerprint density at radius 1 is 1.16 bits per heavy atom. The molecule has 0 spiro atoms. The highest BCUT2D eigenvalue weighted by Gasteiger charge is 2.37. The van der Waals surface area contributed by atoms with E-state index in [1.54, 1.807) is 0 Å². The molecule has 0 saturated heterocycles. The van der Waals surface area contributed by atoms with Crippen molar-refractivity contribution in [1.29, 1.82) is 0 Å². The molecule has 0 radical (unpaired) electrons. The van der Waals surface area contributed by atoms with Gasteiger partial charge in [0, 0.05) is 10.8 Å². The van der Waals surface area contributed by atoms with Gasteiger partial charge in [0.15, 0.2) is 0 Å². The van der Waals surface area contributed by atoms with E-state index in [0.29, 0.717) is 16.7 Å². The Hall–Kier alpha value is -2.10. The van der Waals surface area contributed by atoms with Gasteiger partial charge in [0.1, 0.15) is 0 Å². The van der Waals surface area contributed by atoms with Gasteiger partial charge in [0.05, 0.1) is 11.1 Å². The first kappa shape index (κ1) is 15.0. The number of carbonyl (C=O) groups excluding carboxylic acids is 1. The summed E-state index contributed by atoms with van der Waals surface area (Å²) >= 11 is 0.590. The van der Waals surface area contributed by atoms with Gasteiger partial charge in [-0.15, -0.1) is 0 Å². The maximum atomic E-state index is 12.5. The van der Waals surface area contributed by atoms with Crippen LogP contribution in [-0.4, -0.2) is 34.1 Å². The van der Waals surface area contributed by atoms with E-state index < -0.39 is 41.2 Å². The number of amides is 1. The van der Waals surface area contributed by atoms with Gasteiger partial charge in [-0.25, -0.2) is 9.59 Å². The van der Waals surface area contributed by atoms with Crippen LogP contribution >= 0.6 is 11.3 Å². The molecule has 1 rings (SSSR count). The van der Waals surface area contributed by atoms with Gasteiger partial charge in [-0.2, -0.15) is 24.5 Å². The molecule has 0 fully saturated rings. The van der Waals surface area contributed by atoms with Crippen molar-refractivity contribution in [2.75, 3.05) is 0 Å². The van der Waals surface area contributed by atoms with Crippen LogP contribution in [0.3, 0.4) is 0 Å². The molecule has 0 aromatic carbocycles. The van der Waals surface area contributed by atoms with Crippen LogP contribution in [0.2, 0.25) is 0 Å². The molecule has 0 aliphatic heterocycles. The fraction of sp³-hybridized carbons (Fsp3) is 0.222. The monoisotopic (exact) mass is 297 g/mol. The number of hydrogen-bond donors (Lipinski definition) is 3. The Bertz CT molecular complexity index is 510. The van der Waals surface area contributed by atoms with Crippen molar-refractivity contribution >= 4 is 29.2 Å². The SMILES string of the molecule is O=C(NC(C(=O)O)C(=O)O)c1cscc1C(F)(F)F. The van der Waals surface area contributed by atoms with Gasteiger partial charge in [-0.05, 0) is 0 Å². The number of hydrogen-bond acceptors (Lipinski definition) is 4. The fourth-order valence-electron chi connectivity index (χ4n) is 1.13. The Morgan fingerprint density at radius 3 is 2.11 bits per heavy atom. The highest BCUT2D eigenvalue weighted by Crippen LogP contribution is 2.34. The summed E-state index contributed by atoms with van der Waals surface area (Å²) in [5.74, 6) is -5.18. The molecule has 10 heteroatoms.